The summed E-state index contributed by atoms with van der Waals surface area (Å²) in [5.74, 6) is 1.82. The molecule has 1 heterocycles. The molecule has 1 aromatic carbocycles. The third kappa shape index (κ3) is 5.85. The van der Waals surface area contributed by atoms with Crippen molar-refractivity contribution in [1.29, 1.82) is 0 Å². The number of carbonyl (C=O) groups is 1. The number of nitrogens with zero attached hydrogens (tertiary/aromatic N) is 2. The Morgan fingerprint density at radius 2 is 1.87 bits per heavy atom. The van der Waals surface area contributed by atoms with Gasteiger partial charge in [0, 0.05) is 24.9 Å². The highest BCUT2D eigenvalue weighted by molar-refractivity contribution is 7.99. The first-order chi connectivity index (χ1) is 11.0. The molecule has 4 heteroatoms. The third-order valence-corrected chi connectivity index (χ3v) is 5.54. The molecule has 0 aromatic heterocycles. The summed E-state index contributed by atoms with van der Waals surface area (Å²) < 4.78 is 0. The predicted molar refractivity (Wildman–Crippen MR) is 100.0 cm³/mol. The molecule has 1 aliphatic heterocycles. The van der Waals surface area contributed by atoms with Crippen LogP contribution in [-0.4, -0.2) is 54.7 Å². The van der Waals surface area contributed by atoms with Crippen LogP contribution in [0.4, 0.5) is 0 Å². The van der Waals surface area contributed by atoms with Crippen molar-refractivity contribution in [2.75, 3.05) is 32.9 Å². The Morgan fingerprint density at radius 1 is 1.17 bits per heavy atom. The van der Waals surface area contributed by atoms with Crippen molar-refractivity contribution in [2.45, 2.75) is 44.9 Å². The molecule has 0 N–H and O–H groups in total. The second-order valence-electron chi connectivity index (χ2n) is 6.92. The molecule has 0 aliphatic carbocycles. The molecule has 0 unspecified atom stereocenters. The van der Waals surface area contributed by atoms with Gasteiger partial charge < -0.3 is 9.80 Å². The van der Waals surface area contributed by atoms with E-state index >= 15 is 0 Å². The minimum atomic E-state index is 0.304. The summed E-state index contributed by atoms with van der Waals surface area (Å²) in [5.41, 5.74) is 3.92. The zero-order chi connectivity index (χ0) is 16.8. The van der Waals surface area contributed by atoms with Gasteiger partial charge in [0.05, 0.1) is 5.75 Å². The summed E-state index contributed by atoms with van der Waals surface area (Å²) in [4.78, 5) is 16.8. The summed E-state index contributed by atoms with van der Waals surface area (Å²) in [5, 5.41) is 0. The van der Waals surface area contributed by atoms with Gasteiger partial charge in [0.15, 0.2) is 0 Å². The van der Waals surface area contributed by atoms with Gasteiger partial charge in [-0.1, -0.05) is 29.3 Å². The minimum Gasteiger partial charge on any atom is -0.342 e. The first kappa shape index (κ1) is 18.3. The monoisotopic (exact) mass is 334 g/mol. The summed E-state index contributed by atoms with van der Waals surface area (Å²) in [7, 11) is 4.28. The number of amides is 1. The van der Waals surface area contributed by atoms with Crippen LogP contribution in [0.2, 0.25) is 0 Å². The summed E-state index contributed by atoms with van der Waals surface area (Å²) in [6.07, 6.45) is 3.42. The lowest BCUT2D eigenvalue weighted by Gasteiger charge is -2.23. The van der Waals surface area contributed by atoms with E-state index in [0.717, 1.165) is 31.7 Å². The van der Waals surface area contributed by atoms with Crippen molar-refractivity contribution in [3.63, 3.8) is 0 Å². The van der Waals surface area contributed by atoms with Gasteiger partial charge in [-0.25, -0.2) is 0 Å². The van der Waals surface area contributed by atoms with Crippen LogP contribution < -0.4 is 0 Å². The molecular weight excluding hydrogens is 304 g/mol. The first-order valence-corrected chi connectivity index (χ1v) is 9.70. The smallest absolute Gasteiger partial charge is 0.232 e. The van der Waals surface area contributed by atoms with E-state index in [-0.39, 0.29) is 0 Å². The second kappa shape index (κ2) is 8.74. The molecule has 0 spiro atoms. The average molecular weight is 335 g/mol. The van der Waals surface area contributed by atoms with Crippen molar-refractivity contribution in [1.82, 2.24) is 9.80 Å². The molecule has 0 radical (unpaired) electrons. The maximum Gasteiger partial charge on any atom is 0.232 e. The zero-order valence-electron chi connectivity index (χ0n) is 15.0. The normalized spacial score (nSPS) is 19.0. The predicted octanol–water partition coefficient (Wildman–Crippen LogP) is 3.48. The first-order valence-electron chi connectivity index (χ1n) is 8.55. The number of rotatable bonds is 5. The number of benzene rings is 1. The van der Waals surface area contributed by atoms with Gasteiger partial charge in [0.2, 0.25) is 5.91 Å². The van der Waals surface area contributed by atoms with Crippen molar-refractivity contribution in [3.05, 3.63) is 34.9 Å². The average Bonchev–Trinajstić information content (AvgIpc) is 2.72. The fourth-order valence-electron chi connectivity index (χ4n) is 3.34. The van der Waals surface area contributed by atoms with E-state index in [2.05, 4.69) is 55.9 Å². The van der Waals surface area contributed by atoms with Gasteiger partial charge in [-0.2, -0.15) is 0 Å². The van der Waals surface area contributed by atoms with Gasteiger partial charge in [0.1, 0.15) is 0 Å². The Hall–Kier alpha value is -1.00. The van der Waals surface area contributed by atoms with Gasteiger partial charge in [0.25, 0.3) is 0 Å². The second-order valence-corrected chi connectivity index (χ2v) is 7.90. The Kier molecular flexibility index (Phi) is 6.97. The number of likely N-dealkylation sites (tertiary alicyclic amines) is 1. The highest BCUT2D eigenvalue weighted by Crippen LogP contribution is 2.18. The fraction of sp³-hybridized carbons (Fsp3) is 0.632. The molecule has 23 heavy (non-hydrogen) atoms. The van der Waals surface area contributed by atoms with E-state index in [1.165, 1.54) is 23.1 Å². The molecule has 1 fully saturated rings. The van der Waals surface area contributed by atoms with Crippen LogP contribution in [0.25, 0.3) is 0 Å². The molecule has 1 aromatic rings. The third-order valence-electron chi connectivity index (χ3n) is 4.56. The zero-order valence-corrected chi connectivity index (χ0v) is 15.8. The van der Waals surface area contributed by atoms with E-state index in [4.69, 9.17) is 0 Å². The summed E-state index contributed by atoms with van der Waals surface area (Å²) >= 11 is 1.74. The van der Waals surface area contributed by atoms with Crippen LogP contribution in [0.5, 0.6) is 0 Å². The van der Waals surface area contributed by atoms with Crippen LogP contribution in [0, 0.1) is 13.8 Å². The number of aryl methyl sites for hydroxylation is 2. The molecule has 1 atom stereocenters. The van der Waals surface area contributed by atoms with E-state index in [9.17, 15) is 4.79 Å². The quantitative estimate of drug-likeness (QED) is 0.824. The lowest BCUT2D eigenvalue weighted by atomic mass is 10.1. The summed E-state index contributed by atoms with van der Waals surface area (Å²) in [6, 6.07) is 7.25. The van der Waals surface area contributed by atoms with Gasteiger partial charge in [-0.15, -0.1) is 11.8 Å². The molecule has 3 nitrogen and oxygen atoms in total. The Morgan fingerprint density at radius 3 is 2.52 bits per heavy atom. The van der Waals surface area contributed by atoms with Crippen molar-refractivity contribution in [2.24, 2.45) is 0 Å². The number of hydrogen-bond donors (Lipinski definition) is 0. The van der Waals surface area contributed by atoms with Crippen LogP contribution in [0.1, 0.15) is 36.0 Å². The van der Waals surface area contributed by atoms with Crippen LogP contribution >= 0.6 is 11.8 Å². The molecule has 128 valence electrons. The molecule has 2 rings (SSSR count). The number of thioether (sulfide) groups is 1. The fourth-order valence-corrected chi connectivity index (χ4v) is 4.21. The van der Waals surface area contributed by atoms with Crippen LogP contribution in [0.15, 0.2) is 18.2 Å². The Labute approximate surface area is 145 Å². The van der Waals surface area contributed by atoms with Gasteiger partial charge >= 0.3 is 0 Å². The lowest BCUT2D eigenvalue weighted by Crippen LogP contribution is -2.34. The van der Waals surface area contributed by atoms with Gasteiger partial charge in [-0.05, 0) is 52.8 Å². The van der Waals surface area contributed by atoms with E-state index in [1.807, 2.05) is 0 Å². The molecular formula is C19H30N2OS. The summed E-state index contributed by atoms with van der Waals surface area (Å²) in [6.45, 7) is 6.09. The molecule has 1 saturated heterocycles. The molecule has 1 amide bonds. The maximum absolute atomic E-state index is 12.4. The van der Waals surface area contributed by atoms with Gasteiger partial charge in [-0.3, -0.25) is 4.79 Å². The number of carbonyl (C=O) groups excluding carboxylic acids is 1. The Bertz CT molecular complexity index is 510. The minimum absolute atomic E-state index is 0.304. The van der Waals surface area contributed by atoms with Crippen LogP contribution in [-0.2, 0) is 10.5 Å². The van der Waals surface area contributed by atoms with Crippen molar-refractivity contribution >= 4 is 17.7 Å². The van der Waals surface area contributed by atoms with E-state index in [1.54, 1.807) is 11.8 Å². The van der Waals surface area contributed by atoms with E-state index in [0.29, 0.717) is 17.7 Å². The lowest BCUT2D eigenvalue weighted by molar-refractivity contribution is -0.128. The SMILES string of the molecule is Cc1cc(C)cc(CSCC(=O)N2CCC[C@@H](N(C)C)CC2)c1. The highest BCUT2D eigenvalue weighted by Gasteiger charge is 2.21. The standard InChI is InChI=1S/C19H30N2OS/c1-15-10-16(2)12-17(11-15)13-23-14-19(22)21-8-5-6-18(7-9-21)20(3)4/h10-12,18H,5-9,13-14H2,1-4H3/t18-/m1/s1. The van der Waals surface area contributed by atoms with E-state index < -0.39 is 0 Å². The highest BCUT2D eigenvalue weighted by atomic mass is 32.2. The molecule has 0 bridgehead atoms. The number of hydrogen-bond acceptors (Lipinski definition) is 3. The maximum atomic E-state index is 12.4. The van der Waals surface area contributed by atoms with Crippen molar-refractivity contribution in [3.8, 4) is 0 Å². The molecule has 1 aliphatic rings. The topological polar surface area (TPSA) is 23.6 Å². The van der Waals surface area contributed by atoms with Crippen LogP contribution in [0.3, 0.4) is 0 Å². The molecule has 0 saturated carbocycles. The Balaban J connectivity index is 1.78. The largest absolute Gasteiger partial charge is 0.342 e. The van der Waals surface area contributed by atoms with Crippen molar-refractivity contribution < 1.29 is 4.79 Å².